The lowest BCUT2D eigenvalue weighted by atomic mass is 10.2. The Bertz CT molecular complexity index is 1210. The van der Waals surface area contributed by atoms with E-state index in [9.17, 15) is 15.2 Å². The lowest BCUT2D eigenvalue weighted by molar-refractivity contribution is -0.384. The Labute approximate surface area is 168 Å². The molecule has 0 atom stereocenters. The van der Waals surface area contributed by atoms with Crippen molar-refractivity contribution < 1.29 is 19.2 Å². The highest BCUT2D eigenvalue weighted by Crippen LogP contribution is 2.32. The van der Waals surface area contributed by atoms with Crippen molar-refractivity contribution in [2.45, 2.75) is 6.92 Å². The Morgan fingerprint density at radius 1 is 1.28 bits per heavy atom. The first-order chi connectivity index (χ1) is 14.0. The van der Waals surface area contributed by atoms with Gasteiger partial charge in [0.2, 0.25) is 11.0 Å². The van der Waals surface area contributed by atoms with Gasteiger partial charge in [0, 0.05) is 17.7 Å². The smallest absolute Gasteiger partial charge is 0.312 e. The Morgan fingerprint density at radius 2 is 2.07 bits per heavy atom. The molecule has 0 aliphatic carbocycles. The zero-order valence-electron chi connectivity index (χ0n) is 15.1. The van der Waals surface area contributed by atoms with Crippen LogP contribution in [0.1, 0.15) is 12.6 Å². The minimum Gasteiger partial charge on any atom is -0.494 e. The number of aromatic hydroxyl groups is 1. The van der Waals surface area contributed by atoms with Gasteiger partial charge in [-0.05, 0) is 37.3 Å². The Morgan fingerprint density at radius 3 is 2.79 bits per heavy atom. The Hall–Kier alpha value is -3.79. The predicted molar refractivity (Wildman–Crippen MR) is 108 cm³/mol. The topological polar surface area (TPSA) is 124 Å². The van der Waals surface area contributed by atoms with E-state index < -0.39 is 10.9 Å². The van der Waals surface area contributed by atoms with Gasteiger partial charge in [-0.2, -0.15) is 0 Å². The number of hydrogen-bond acceptors (Lipinski definition) is 9. The standard InChI is InChI=1S/C19H14N4O5S/c1-2-27-13-7-8-14-16(9-13)29-19(22-14)20-10-15-18(24)28-17(21-15)11-3-5-12(6-4-11)23(25)26/h3-10,24H,2H2,1H3. The third-order valence-electron chi connectivity index (χ3n) is 3.92. The van der Waals surface area contributed by atoms with Crippen LogP contribution in [0, 0.1) is 10.1 Å². The van der Waals surface area contributed by atoms with E-state index in [0.29, 0.717) is 17.3 Å². The summed E-state index contributed by atoms with van der Waals surface area (Å²) in [5.74, 6) is 0.493. The maximum Gasteiger partial charge on any atom is 0.312 e. The quantitative estimate of drug-likeness (QED) is 0.277. The van der Waals surface area contributed by atoms with Gasteiger partial charge in [-0.25, -0.2) is 15.0 Å². The van der Waals surface area contributed by atoms with E-state index >= 15 is 0 Å². The summed E-state index contributed by atoms with van der Waals surface area (Å²) in [4.78, 5) is 23.1. The van der Waals surface area contributed by atoms with Gasteiger partial charge >= 0.3 is 5.95 Å². The number of thiazole rings is 1. The molecule has 2 heterocycles. The summed E-state index contributed by atoms with van der Waals surface area (Å²) in [7, 11) is 0. The number of nitro benzene ring substituents is 1. The van der Waals surface area contributed by atoms with Crippen LogP contribution in [-0.2, 0) is 0 Å². The summed E-state index contributed by atoms with van der Waals surface area (Å²) in [6, 6.07) is 11.3. The van der Waals surface area contributed by atoms with E-state index in [-0.39, 0.29) is 17.3 Å². The lowest BCUT2D eigenvalue weighted by Gasteiger charge is -2.00. The van der Waals surface area contributed by atoms with Crippen LogP contribution < -0.4 is 4.74 Å². The first kappa shape index (κ1) is 18.6. The number of rotatable bonds is 6. The maximum absolute atomic E-state index is 10.7. The summed E-state index contributed by atoms with van der Waals surface area (Å²) in [5.41, 5.74) is 1.37. The molecular weight excluding hydrogens is 396 g/mol. The molecule has 0 spiro atoms. The molecule has 0 bridgehead atoms. The van der Waals surface area contributed by atoms with E-state index in [2.05, 4.69) is 15.0 Å². The first-order valence-electron chi connectivity index (χ1n) is 8.55. The first-order valence-corrected chi connectivity index (χ1v) is 9.37. The number of aromatic nitrogens is 2. The van der Waals surface area contributed by atoms with Crippen LogP contribution in [0.3, 0.4) is 0 Å². The van der Waals surface area contributed by atoms with Gasteiger partial charge in [0.15, 0.2) is 5.69 Å². The van der Waals surface area contributed by atoms with Crippen molar-refractivity contribution in [3.63, 3.8) is 0 Å². The molecule has 0 fully saturated rings. The molecule has 0 aliphatic heterocycles. The van der Waals surface area contributed by atoms with Gasteiger partial charge in [-0.1, -0.05) is 11.3 Å². The minimum absolute atomic E-state index is 0.0466. The summed E-state index contributed by atoms with van der Waals surface area (Å²) >= 11 is 1.38. The van der Waals surface area contributed by atoms with Crippen molar-refractivity contribution in [3.05, 3.63) is 58.3 Å². The number of oxazole rings is 1. The van der Waals surface area contributed by atoms with Gasteiger partial charge in [-0.3, -0.25) is 10.1 Å². The second kappa shape index (κ2) is 7.68. The summed E-state index contributed by atoms with van der Waals surface area (Å²) in [6.45, 7) is 2.50. The molecule has 4 rings (SSSR count). The summed E-state index contributed by atoms with van der Waals surface area (Å²) in [5, 5.41) is 21.2. The van der Waals surface area contributed by atoms with Gasteiger partial charge in [0.05, 0.1) is 28.0 Å². The van der Waals surface area contributed by atoms with Crippen molar-refractivity contribution >= 4 is 38.6 Å². The molecule has 1 N–H and O–H groups in total. The molecule has 0 aliphatic rings. The monoisotopic (exact) mass is 410 g/mol. The van der Waals surface area contributed by atoms with Crippen LogP contribution in [0.4, 0.5) is 10.8 Å². The molecule has 0 unspecified atom stereocenters. The van der Waals surface area contributed by atoms with Crippen molar-refractivity contribution in [1.82, 2.24) is 9.97 Å². The molecular formula is C19H14N4O5S. The van der Waals surface area contributed by atoms with E-state index in [0.717, 1.165) is 16.0 Å². The Balaban J connectivity index is 1.57. The molecule has 10 heteroatoms. The molecule has 0 saturated heterocycles. The van der Waals surface area contributed by atoms with Crippen molar-refractivity contribution in [2.75, 3.05) is 6.61 Å². The van der Waals surface area contributed by atoms with Gasteiger partial charge in [0.1, 0.15) is 5.75 Å². The summed E-state index contributed by atoms with van der Waals surface area (Å²) < 4.78 is 11.7. The molecule has 2 aromatic carbocycles. The molecule has 146 valence electrons. The number of nitrogens with zero attached hydrogens (tertiary/aromatic N) is 4. The van der Waals surface area contributed by atoms with E-state index in [1.165, 1.54) is 41.8 Å². The fourth-order valence-electron chi connectivity index (χ4n) is 2.58. The number of aliphatic imine (C=N–C) groups is 1. The molecule has 2 aromatic heterocycles. The number of non-ortho nitro benzene ring substituents is 1. The van der Waals surface area contributed by atoms with Crippen LogP contribution >= 0.6 is 11.3 Å². The van der Waals surface area contributed by atoms with Crippen LogP contribution in [0.2, 0.25) is 0 Å². The SMILES string of the molecule is CCOc1ccc2nc(N=Cc3nc(-c4ccc([N+](=O)[O-])cc4)oc3O)sc2c1. The van der Waals surface area contributed by atoms with Crippen molar-refractivity contribution in [2.24, 2.45) is 4.99 Å². The number of benzene rings is 2. The molecule has 0 radical (unpaired) electrons. The highest BCUT2D eigenvalue weighted by molar-refractivity contribution is 7.22. The van der Waals surface area contributed by atoms with Crippen LogP contribution in [0.5, 0.6) is 11.7 Å². The highest BCUT2D eigenvalue weighted by Gasteiger charge is 2.14. The van der Waals surface area contributed by atoms with Crippen LogP contribution in [-0.4, -0.2) is 32.8 Å². The largest absolute Gasteiger partial charge is 0.494 e. The minimum atomic E-state index is -0.496. The normalized spacial score (nSPS) is 11.3. The van der Waals surface area contributed by atoms with Crippen LogP contribution in [0.15, 0.2) is 51.9 Å². The third-order valence-corrected chi connectivity index (χ3v) is 4.84. The maximum atomic E-state index is 10.7. The number of nitro groups is 1. The van der Waals surface area contributed by atoms with Gasteiger partial charge in [-0.15, -0.1) is 0 Å². The Kier molecular flexibility index (Phi) is 4.92. The van der Waals surface area contributed by atoms with Crippen molar-refractivity contribution in [3.8, 4) is 23.1 Å². The highest BCUT2D eigenvalue weighted by atomic mass is 32.1. The zero-order valence-corrected chi connectivity index (χ0v) is 15.9. The second-order valence-electron chi connectivity index (χ2n) is 5.83. The number of hydrogen-bond donors (Lipinski definition) is 1. The van der Waals surface area contributed by atoms with Crippen LogP contribution in [0.25, 0.3) is 21.7 Å². The summed E-state index contributed by atoms with van der Waals surface area (Å²) in [6.07, 6.45) is 1.36. The van der Waals surface area contributed by atoms with Crippen molar-refractivity contribution in [1.29, 1.82) is 0 Å². The zero-order chi connectivity index (χ0) is 20.4. The van der Waals surface area contributed by atoms with Gasteiger partial charge < -0.3 is 14.3 Å². The van der Waals surface area contributed by atoms with E-state index in [4.69, 9.17) is 9.15 Å². The second-order valence-corrected chi connectivity index (χ2v) is 6.84. The van der Waals surface area contributed by atoms with Gasteiger partial charge in [0.25, 0.3) is 5.69 Å². The fraction of sp³-hybridized carbons (Fsp3) is 0.105. The molecule has 0 saturated carbocycles. The predicted octanol–water partition coefficient (Wildman–Crippen LogP) is 4.71. The molecule has 29 heavy (non-hydrogen) atoms. The molecule has 9 nitrogen and oxygen atoms in total. The average Bonchev–Trinajstić information content (AvgIpc) is 3.29. The molecule has 4 aromatic rings. The third kappa shape index (κ3) is 3.92. The number of fused-ring (bicyclic) bond motifs is 1. The lowest BCUT2D eigenvalue weighted by Crippen LogP contribution is -1.89. The number of ether oxygens (including phenoxy) is 1. The van der Waals surface area contributed by atoms with E-state index in [1.807, 2.05) is 25.1 Å². The fourth-order valence-corrected chi connectivity index (χ4v) is 3.42. The average molecular weight is 410 g/mol. The molecule has 0 amide bonds. The van der Waals surface area contributed by atoms with E-state index in [1.54, 1.807) is 0 Å².